The minimum Gasteiger partial charge on any atom is -0.383 e. The molecule has 3 heteroatoms. The van der Waals surface area contributed by atoms with Crippen LogP contribution in [0.1, 0.15) is 37.2 Å². The Labute approximate surface area is 131 Å². The van der Waals surface area contributed by atoms with E-state index in [1.54, 1.807) is 5.57 Å². The molecule has 3 aliphatic rings. The summed E-state index contributed by atoms with van der Waals surface area (Å²) in [4.78, 5) is 2.18. The second-order valence-electron chi connectivity index (χ2n) is 6.36. The minimum atomic E-state index is 0.527. The summed E-state index contributed by atoms with van der Waals surface area (Å²) in [5.74, 6) is 2.05. The molecule has 3 saturated carbocycles. The van der Waals surface area contributed by atoms with Gasteiger partial charge in [0.25, 0.3) is 0 Å². The quantitative estimate of drug-likeness (QED) is 0.712. The molecule has 3 fully saturated rings. The first kappa shape index (κ1) is 14.3. The Morgan fingerprint density at radius 3 is 2.35 bits per heavy atom. The average Bonchev–Trinajstić information content (AvgIpc) is 2.43. The lowest BCUT2D eigenvalue weighted by Crippen LogP contribution is -2.33. The van der Waals surface area contributed by atoms with Crippen LogP contribution >= 0.6 is 23.2 Å². The predicted octanol–water partition coefficient (Wildman–Crippen LogP) is 5.34. The van der Waals surface area contributed by atoms with E-state index >= 15 is 0 Å². The molecular formula is C17H21Cl2N. The molecule has 0 saturated heterocycles. The van der Waals surface area contributed by atoms with Crippen molar-refractivity contribution in [3.05, 3.63) is 45.6 Å². The van der Waals surface area contributed by atoms with E-state index in [4.69, 9.17) is 23.2 Å². The molecule has 1 aromatic carbocycles. The first-order valence-corrected chi connectivity index (χ1v) is 8.15. The van der Waals surface area contributed by atoms with Crippen LogP contribution in [0.5, 0.6) is 0 Å². The van der Waals surface area contributed by atoms with Gasteiger partial charge < -0.3 is 4.90 Å². The van der Waals surface area contributed by atoms with E-state index in [9.17, 15) is 0 Å². The van der Waals surface area contributed by atoms with Crippen molar-refractivity contribution >= 4 is 23.2 Å². The zero-order valence-corrected chi connectivity index (χ0v) is 13.6. The van der Waals surface area contributed by atoms with E-state index in [-0.39, 0.29) is 0 Å². The second-order valence-corrected chi connectivity index (χ2v) is 7.17. The molecule has 1 unspecified atom stereocenters. The molecule has 2 bridgehead atoms. The third-order valence-electron chi connectivity index (χ3n) is 4.78. The summed E-state index contributed by atoms with van der Waals surface area (Å²) in [6.45, 7) is 0. The SMILES string of the molecule is CN(C)/C=C1/C2CCC(CC2)C1c1ccc(Cl)c(Cl)c1. The van der Waals surface area contributed by atoms with Gasteiger partial charge in [-0.15, -0.1) is 0 Å². The van der Waals surface area contributed by atoms with Crippen molar-refractivity contribution in [2.24, 2.45) is 11.8 Å². The largest absolute Gasteiger partial charge is 0.383 e. The van der Waals surface area contributed by atoms with Gasteiger partial charge in [0.1, 0.15) is 0 Å². The third-order valence-corrected chi connectivity index (χ3v) is 5.52. The van der Waals surface area contributed by atoms with E-state index in [0.29, 0.717) is 16.0 Å². The van der Waals surface area contributed by atoms with E-state index in [1.807, 2.05) is 6.07 Å². The van der Waals surface area contributed by atoms with Crippen molar-refractivity contribution in [2.45, 2.75) is 31.6 Å². The van der Waals surface area contributed by atoms with Gasteiger partial charge in [0.05, 0.1) is 10.0 Å². The zero-order valence-electron chi connectivity index (χ0n) is 12.1. The fraction of sp³-hybridized carbons (Fsp3) is 0.529. The summed E-state index contributed by atoms with van der Waals surface area (Å²) < 4.78 is 0. The maximum Gasteiger partial charge on any atom is 0.0595 e. The van der Waals surface area contributed by atoms with E-state index in [1.165, 1.54) is 31.2 Å². The van der Waals surface area contributed by atoms with Crippen LogP contribution in [0.25, 0.3) is 0 Å². The molecule has 0 N–H and O–H groups in total. The minimum absolute atomic E-state index is 0.527. The van der Waals surface area contributed by atoms with Crippen LogP contribution in [0.2, 0.25) is 10.0 Å². The maximum absolute atomic E-state index is 6.23. The van der Waals surface area contributed by atoms with Crippen molar-refractivity contribution in [3.8, 4) is 0 Å². The van der Waals surface area contributed by atoms with Crippen LogP contribution in [0.4, 0.5) is 0 Å². The summed E-state index contributed by atoms with van der Waals surface area (Å²) in [6, 6.07) is 6.16. The fourth-order valence-corrected chi connectivity index (χ4v) is 4.27. The molecular weight excluding hydrogens is 289 g/mol. The molecule has 0 amide bonds. The molecule has 108 valence electrons. The van der Waals surface area contributed by atoms with Crippen molar-refractivity contribution in [2.75, 3.05) is 14.1 Å². The molecule has 0 radical (unpaired) electrons. The zero-order chi connectivity index (χ0) is 14.3. The highest BCUT2D eigenvalue weighted by Gasteiger charge is 2.40. The molecule has 0 aromatic heterocycles. The van der Waals surface area contributed by atoms with Gasteiger partial charge in [0.2, 0.25) is 0 Å². The van der Waals surface area contributed by atoms with Crippen LogP contribution in [0.3, 0.4) is 0 Å². The standard InChI is InChI=1S/C17H21Cl2N/c1-20(2)10-14-11-3-5-12(6-4-11)17(14)13-7-8-15(18)16(19)9-13/h7-12,17H,3-6H2,1-2H3/b14-10-. The van der Waals surface area contributed by atoms with Crippen LogP contribution in [0.15, 0.2) is 30.0 Å². The first-order valence-electron chi connectivity index (χ1n) is 7.39. The fourth-order valence-electron chi connectivity index (χ4n) is 3.97. The Morgan fingerprint density at radius 2 is 1.75 bits per heavy atom. The molecule has 0 spiro atoms. The number of rotatable bonds is 2. The lowest BCUT2D eigenvalue weighted by atomic mass is 9.60. The Hall–Kier alpha value is -0.660. The van der Waals surface area contributed by atoms with Crippen molar-refractivity contribution in [3.63, 3.8) is 0 Å². The summed E-state index contributed by atoms with van der Waals surface area (Å²) in [5, 5.41) is 1.32. The summed E-state index contributed by atoms with van der Waals surface area (Å²) in [5.41, 5.74) is 2.93. The predicted molar refractivity (Wildman–Crippen MR) is 86.4 cm³/mol. The summed E-state index contributed by atoms with van der Waals surface area (Å²) in [6.07, 6.45) is 7.73. The number of benzene rings is 1. The van der Waals surface area contributed by atoms with Gasteiger partial charge in [-0.3, -0.25) is 0 Å². The number of hydrogen-bond donors (Lipinski definition) is 0. The van der Waals surface area contributed by atoms with Gasteiger partial charge >= 0.3 is 0 Å². The lowest BCUT2D eigenvalue weighted by molar-refractivity contribution is 0.206. The molecule has 1 aromatic rings. The van der Waals surface area contributed by atoms with Crippen LogP contribution in [-0.2, 0) is 0 Å². The molecule has 0 aliphatic heterocycles. The van der Waals surface area contributed by atoms with E-state index in [0.717, 1.165) is 11.8 Å². The van der Waals surface area contributed by atoms with Gasteiger partial charge in [-0.25, -0.2) is 0 Å². The van der Waals surface area contributed by atoms with E-state index < -0.39 is 0 Å². The monoisotopic (exact) mass is 309 g/mol. The molecule has 0 heterocycles. The molecule has 1 atom stereocenters. The van der Waals surface area contributed by atoms with Gasteiger partial charge in [-0.2, -0.15) is 0 Å². The summed E-state index contributed by atoms with van der Waals surface area (Å²) >= 11 is 12.3. The maximum atomic E-state index is 6.23. The molecule has 20 heavy (non-hydrogen) atoms. The highest BCUT2D eigenvalue weighted by molar-refractivity contribution is 6.42. The molecule has 1 nitrogen and oxygen atoms in total. The lowest BCUT2D eigenvalue weighted by Gasteiger charge is -2.45. The van der Waals surface area contributed by atoms with Gasteiger partial charge in [0.15, 0.2) is 0 Å². The number of hydrogen-bond acceptors (Lipinski definition) is 1. The van der Waals surface area contributed by atoms with Crippen LogP contribution in [-0.4, -0.2) is 19.0 Å². The van der Waals surface area contributed by atoms with Crippen LogP contribution in [0, 0.1) is 11.8 Å². The Balaban J connectivity index is 2.02. The van der Waals surface area contributed by atoms with Gasteiger partial charge in [-0.1, -0.05) is 29.3 Å². The number of nitrogens with zero attached hydrogens (tertiary/aromatic N) is 1. The smallest absolute Gasteiger partial charge is 0.0595 e. The van der Waals surface area contributed by atoms with Crippen molar-refractivity contribution < 1.29 is 0 Å². The van der Waals surface area contributed by atoms with Gasteiger partial charge in [-0.05, 0) is 67.0 Å². The number of fused-ring (bicyclic) bond motifs is 3. The third kappa shape index (κ3) is 2.58. The average molecular weight is 310 g/mol. The normalized spacial score (nSPS) is 30.8. The second kappa shape index (κ2) is 5.61. The van der Waals surface area contributed by atoms with Gasteiger partial charge in [0, 0.05) is 20.0 Å². The molecule has 4 rings (SSSR count). The van der Waals surface area contributed by atoms with Crippen molar-refractivity contribution in [1.29, 1.82) is 0 Å². The highest BCUT2D eigenvalue weighted by Crippen LogP contribution is 2.53. The summed E-state index contributed by atoms with van der Waals surface area (Å²) in [7, 11) is 4.22. The topological polar surface area (TPSA) is 3.24 Å². The molecule has 3 aliphatic carbocycles. The highest BCUT2D eigenvalue weighted by atomic mass is 35.5. The Morgan fingerprint density at radius 1 is 1.05 bits per heavy atom. The van der Waals surface area contributed by atoms with Crippen molar-refractivity contribution in [1.82, 2.24) is 4.90 Å². The Kier molecular flexibility index (Phi) is 4.01. The van der Waals surface area contributed by atoms with E-state index in [2.05, 4.69) is 37.3 Å². The number of halogens is 2. The first-order chi connectivity index (χ1) is 9.56. The Bertz CT molecular complexity index is 528. The number of allylic oxidation sites excluding steroid dienone is 1. The van der Waals surface area contributed by atoms with Crippen LogP contribution < -0.4 is 0 Å².